The molecule has 0 amide bonds. The van der Waals surface area contributed by atoms with Crippen molar-refractivity contribution in [3.63, 3.8) is 0 Å². The van der Waals surface area contributed by atoms with Crippen molar-refractivity contribution >= 4 is 40.8 Å². The van der Waals surface area contributed by atoms with E-state index >= 15 is 0 Å². The Bertz CT molecular complexity index is 1290. The van der Waals surface area contributed by atoms with E-state index in [1.807, 2.05) is 0 Å². The van der Waals surface area contributed by atoms with Gasteiger partial charge in [0.1, 0.15) is 5.82 Å². The minimum Gasteiger partial charge on any atom is -0.476 e. The summed E-state index contributed by atoms with van der Waals surface area (Å²) in [5.41, 5.74) is 0.651. The Hall–Kier alpha value is -2.86. The second-order valence-electron chi connectivity index (χ2n) is 6.33. The molecule has 0 radical (unpaired) electrons. The molecule has 4 nitrogen and oxygen atoms in total. The molecule has 0 fully saturated rings. The standard InChI is InChI=1S/C22H12Cl3FN2O2/c23-12-5-3-6-13(11-12)28-20(15-8-4-10-17(25)18(15)26)19(22(29)30)27-21(28)14-7-1-2-9-16(14)24/h1-11H,(H,29,30). The summed E-state index contributed by atoms with van der Waals surface area (Å²) in [4.78, 5) is 16.4. The zero-order valence-electron chi connectivity index (χ0n) is 15.1. The Balaban J connectivity index is 2.17. The highest BCUT2D eigenvalue weighted by molar-refractivity contribution is 6.33. The van der Waals surface area contributed by atoms with Crippen LogP contribution in [-0.2, 0) is 0 Å². The summed E-state index contributed by atoms with van der Waals surface area (Å²) in [7, 11) is 0. The van der Waals surface area contributed by atoms with E-state index in [9.17, 15) is 14.3 Å². The van der Waals surface area contributed by atoms with Crippen LogP contribution in [0.2, 0.25) is 15.1 Å². The van der Waals surface area contributed by atoms with Gasteiger partial charge in [0.05, 0.1) is 15.7 Å². The fraction of sp³-hybridized carbons (Fsp3) is 0. The Morgan fingerprint density at radius 1 is 0.900 bits per heavy atom. The Labute approximate surface area is 186 Å². The van der Waals surface area contributed by atoms with Crippen LogP contribution in [0.4, 0.5) is 4.39 Å². The van der Waals surface area contributed by atoms with E-state index < -0.39 is 11.8 Å². The van der Waals surface area contributed by atoms with E-state index in [1.165, 1.54) is 22.8 Å². The molecule has 0 aliphatic carbocycles. The van der Waals surface area contributed by atoms with Crippen LogP contribution in [0.1, 0.15) is 10.5 Å². The quantitative estimate of drug-likeness (QED) is 0.356. The van der Waals surface area contributed by atoms with Crippen molar-refractivity contribution in [3.8, 4) is 28.3 Å². The van der Waals surface area contributed by atoms with E-state index in [2.05, 4.69) is 4.98 Å². The number of carbonyl (C=O) groups is 1. The van der Waals surface area contributed by atoms with Crippen molar-refractivity contribution in [2.24, 2.45) is 0 Å². The highest BCUT2D eigenvalue weighted by Gasteiger charge is 2.28. The van der Waals surface area contributed by atoms with Crippen LogP contribution in [0.15, 0.2) is 66.7 Å². The Morgan fingerprint density at radius 2 is 1.57 bits per heavy atom. The van der Waals surface area contributed by atoms with Crippen molar-refractivity contribution < 1.29 is 14.3 Å². The third-order valence-corrected chi connectivity index (χ3v) is 5.32. The Morgan fingerprint density at radius 3 is 2.27 bits per heavy atom. The van der Waals surface area contributed by atoms with Gasteiger partial charge in [0.25, 0.3) is 0 Å². The van der Waals surface area contributed by atoms with E-state index in [4.69, 9.17) is 34.8 Å². The van der Waals surface area contributed by atoms with Crippen LogP contribution < -0.4 is 0 Å². The van der Waals surface area contributed by atoms with Gasteiger partial charge in [-0.05, 0) is 42.5 Å². The molecule has 0 atom stereocenters. The maximum absolute atomic E-state index is 15.0. The molecule has 0 aliphatic heterocycles. The summed E-state index contributed by atoms with van der Waals surface area (Å²) in [6, 6.07) is 17.9. The molecule has 8 heteroatoms. The predicted octanol–water partition coefficient (Wildman–Crippen LogP) is 7.00. The summed E-state index contributed by atoms with van der Waals surface area (Å²) < 4.78 is 16.5. The summed E-state index contributed by atoms with van der Waals surface area (Å²) in [5, 5.41) is 10.5. The van der Waals surface area contributed by atoms with Gasteiger partial charge in [-0.3, -0.25) is 4.57 Å². The van der Waals surface area contributed by atoms with Crippen LogP contribution in [0.5, 0.6) is 0 Å². The van der Waals surface area contributed by atoms with Crippen molar-refractivity contribution in [1.82, 2.24) is 9.55 Å². The maximum atomic E-state index is 15.0. The van der Waals surface area contributed by atoms with Gasteiger partial charge in [0.15, 0.2) is 11.5 Å². The van der Waals surface area contributed by atoms with Gasteiger partial charge in [0.2, 0.25) is 0 Å². The van der Waals surface area contributed by atoms with Gasteiger partial charge < -0.3 is 5.11 Å². The number of hydrogen-bond acceptors (Lipinski definition) is 2. The molecule has 0 spiro atoms. The summed E-state index contributed by atoms with van der Waals surface area (Å²) in [5.74, 6) is -1.84. The molecular weight excluding hydrogens is 450 g/mol. The molecule has 3 aromatic carbocycles. The lowest BCUT2D eigenvalue weighted by molar-refractivity contribution is 0.0692. The monoisotopic (exact) mass is 460 g/mol. The highest BCUT2D eigenvalue weighted by atomic mass is 35.5. The van der Waals surface area contributed by atoms with Crippen molar-refractivity contribution in [2.75, 3.05) is 0 Å². The summed E-state index contributed by atoms with van der Waals surface area (Å²) in [6.07, 6.45) is 0. The third-order valence-electron chi connectivity index (χ3n) is 4.47. The van der Waals surface area contributed by atoms with Gasteiger partial charge in [-0.1, -0.05) is 59.1 Å². The molecule has 1 aromatic heterocycles. The summed E-state index contributed by atoms with van der Waals surface area (Å²) >= 11 is 18.5. The van der Waals surface area contributed by atoms with Crippen LogP contribution >= 0.6 is 34.8 Å². The molecule has 1 heterocycles. The average Bonchev–Trinajstić information content (AvgIpc) is 3.11. The molecule has 4 rings (SSSR count). The maximum Gasteiger partial charge on any atom is 0.356 e. The highest BCUT2D eigenvalue weighted by Crippen LogP contribution is 2.38. The first-order valence-electron chi connectivity index (χ1n) is 8.69. The normalized spacial score (nSPS) is 10.9. The van der Waals surface area contributed by atoms with E-state index in [0.717, 1.165) is 0 Å². The number of imidazole rings is 1. The van der Waals surface area contributed by atoms with Gasteiger partial charge in [-0.25, -0.2) is 14.2 Å². The smallest absolute Gasteiger partial charge is 0.356 e. The number of carboxylic acid groups (broad SMARTS) is 1. The molecule has 150 valence electrons. The van der Waals surface area contributed by atoms with Gasteiger partial charge >= 0.3 is 5.97 Å². The van der Waals surface area contributed by atoms with Crippen molar-refractivity contribution in [3.05, 3.63) is 93.3 Å². The number of nitrogens with zero attached hydrogens (tertiary/aromatic N) is 2. The second-order valence-corrected chi connectivity index (χ2v) is 7.59. The number of aromatic carboxylic acids is 1. The van der Waals surface area contributed by atoms with Crippen molar-refractivity contribution in [1.29, 1.82) is 0 Å². The van der Waals surface area contributed by atoms with E-state index in [0.29, 0.717) is 21.3 Å². The zero-order valence-corrected chi connectivity index (χ0v) is 17.4. The number of hydrogen-bond donors (Lipinski definition) is 1. The minimum atomic E-state index is -1.32. The topological polar surface area (TPSA) is 55.1 Å². The molecule has 0 unspecified atom stereocenters. The first-order chi connectivity index (χ1) is 14.4. The van der Waals surface area contributed by atoms with Crippen LogP contribution in [-0.4, -0.2) is 20.6 Å². The lowest BCUT2D eigenvalue weighted by Gasteiger charge is -2.14. The molecular formula is C22H12Cl3FN2O2. The first kappa shape index (κ1) is 20.4. The molecule has 0 aliphatic rings. The lowest BCUT2D eigenvalue weighted by Crippen LogP contribution is -2.04. The number of carboxylic acids is 1. The van der Waals surface area contributed by atoms with Gasteiger partial charge in [-0.2, -0.15) is 0 Å². The minimum absolute atomic E-state index is 0.00863. The predicted molar refractivity (Wildman–Crippen MR) is 116 cm³/mol. The van der Waals surface area contributed by atoms with Gasteiger partial charge in [-0.15, -0.1) is 0 Å². The molecule has 30 heavy (non-hydrogen) atoms. The fourth-order valence-corrected chi connectivity index (χ4v) is 3.77. The van der Waals surface area contributed by atoms with Crippen LogP contribution in [0, 0.1) is 5.82 Å². The SMILES string of the molecule is O=C(O)c1nc(-c2ccccc2Cl)n(-c2cccc(Cl)c2)c1-c1cccc(Cl)c1F. The van der Waals surface area contributed by atoms with Crippen LogP contribution in [0.3, 0.4) is 0 Å². The molecule has 0 bridgehead atoms. The number of halogens is 4. The second kappa shape index (κ2) is 8.11. The van der Waals surface area contributed by atoms with Gasteiger partial charge in [0, 0.05) is 21.8 Å². The molecule has 1 N–H and O–H groups in total. The van der Waals surface area contributed by atoms with Crippen molar-refractivity contribution in [2.45, 2.75) is 0 Å². The van der Waals surface area contributed by atoms with E-state index in [-0.39, 0.29) is 27.8 Å². The molecule has 4 aromatic rings. The molecule has 0 saturated heterocycles. The largest absolute Gasteiger partial charge is 0.476 e. The van der Waals surface area contributed by atoms with E-state index in [1.54, 1.807) is 48.5 Å². The third kappa shape index (κ3) is 3.56. The zero-order chi connectivity index (χ0) is 21.4. The molecule has 0 saturated carbocycles. The first-order valence-corrected chi connectivity index (χ1v) is 9.83. The number of rotatable bonds is 4. The lowest BCUT2D eigenvalue weighted by atomic mass is 10.1. The Kier molecular flexibility index (Phi) is 5.52. The fourth-order valence-electron chi connectivity index (χ4n) is 3.19. The van der Waals surface area contributed by atoms with Crippen LogP contribution in [0.25, 0.3) is 28.3 Å². The number of benzene rings is 3. The number of aromatic nitrogens is 2. The summed E-state index contributed by atoms with van der Waals surface area (Å²) in [6.45, 7) is 0. The average molecular weight is 462 g/mol.